The fraction of sp³-hybridized carbons (Fsp3) is 0.250. The van der Waals surface area contributed by atoms with Gasteiger partial charge in [0.1, 0.15) is 0 Å². The normalized spacial score (nSPS) is 12.8. The Hall–Kier alpha value is -1.03. The summed E-state index contributed by atoms with van der Waals surface area (Å²) in [6.07, 6.45) is 1.74. The molecule has 5 heteroatoms. The van der Waals surface area contributed by atoms with Crippen molar-refractivity contribution in [2.75, 3.05) is 0 Å². The number of nitrogens with zero attached hydrogens (tertiary/aromatic N) is 2. The molecule has 1 atom stereocenters. The van der Waals surface area contributed by atoms with Crippen LogP contribution in [0.3, 0.4) is 0 Å². The predicted octanol–water partition coefficient (Wildman–Crippen LogP) is 3.51. The first-order valence-electron chi connectivity index (χ1n) is 5.26. The summed E-state index contributed by atoms with van der Waals surface area (Å²) in [6, 6.07) is 5.65. The first-order chi connectivity index (χ1) is 7.99. The molecule has 0 radical (unpaired) electrons. The van der Waals surface area contributed by atoms with Gasteiger partial charge in [-0.25, -0.2) is 4.68 Å². The fourth-order valence-corrected chi connectivity index (χ4v) is 1.96. The van der Waals surface area contributed by atoms with Gasteiger partial charge >= 0.3 is 0 Å². The maximum Gasteiger partial charge on any atom is 0.0832 e. The van der Waals surface area contributed by atoms with Gasteiger partial charge in [0.25, 0.3) is 0 Å². The number of nitrogens with two attached hydrogens (primary N) is 1. The van der Waals surface area contributed by atoms with Crippen LogP contribution in [0.1, 0.15) is 24.2 Å². The number of rotatable bonds is 2. The van der Waals surface area contributed by atoms with Gasteiger partial charge in [-0.05, 0) is 31.5 Å². The monoisotopic (exact) mass is 269 g/mol. The van der Waals surface area contributed by atoms with Gasteiger partial charge in [0, 0.05) is 12.2 Å². The van der Waals surface area contributed by atoms with Crippen molar-refractivity contribution < 1.29 is 0 Å². The zero-order chi connectivity index (χ0) is 12.6. The Morgan fingerprint density at radius 3 is 2.47 bits per heavy atom. The molecule has 90 valence electrons. The van der Waals surface area contributed by atoms with Crippen LogP contribution >= 0.6 is 23.2 Å². The van der Waals surface area contributed by atoms with Crippen LogP contribution in [0.15, 0.2) is 24.4 Å². The van der Waals surface area contributed by atoms with Crippen LogP contribution in [-0.4, -0.2) is 9.78 Å². The standard InChI is InChI=1S/C12H13Cl2N3/c1-7(15)9-3-4-12(10(13)5-9)17-6-11(14)8(2)16-17/h3-7H,15H2,1-2H3/t7-/m0/s1. The maximum absolute atomic E-state index is 6.21. The zero-order valence-corrected chi connectivity index (χ0v) is 11.1. The molecule has 2 aromatic rings. The van der Waals surface area contributed by atoms with E-state index in [1.54, 1.807) is 10.9 Å². The van der Waals surface area contributed by atoms with Gasteiger partial charge in [0.15, 0.2) is 0 Å². The molecular weight excluding hydrogens is 257 g/mol. The molecule has 17 heavy (non-hydrogen) atoms. The summed E-state index contributed by atoms with van der Waals surface area (Å²) in [5.41, 5.74) is 8.37. The molecule has 0 spiro atoms. The number of benzene rings is 1. The molecule has 0 aliphatic heterocycles. The van der Waals surface area contributed by atoms with Crippen LogP contribution in [0.25, 0.3) is 5.69 Å². The Morgan fingerprint density at radius 1 is 1.29 bits per heavy atom. The van der Waals surface area contributed by atoms with Crippen molar-refractivity contribution in [3.63, 3.8) is 0 Å². The van der Waals surface area contributed by atoms with E-state index in [4.69, 9.17) is 28.9 Å². The van der Waals surface area contributed by atoms with Crippen molar-refractivity contribution in [2.24, 2.45) is 5.73 Å². The van der Waals surface area contributed by atoms with E-state index in [2.05, 4.69) is 5.10 Å². The molecule has 0 saturated carbocycles. The van der Waals surface area contributed by atoms with E-state index in [1.165, 1.54) is 0 Å². The smallest absolute Gasteiger partial charge is 0.0832 e. The predicted molar refractivity (Wildman–Crippen MR) is 70.9 cm³/mol. The van der Waals surface area contributed by atoms with E-state index < -0.39 is 0 Å². The molecule has 0 aliphatic rings. The van der Waals surface area contributed by atoms with E-state index >= 15 is 0 Å². The van der Waals surface area contributed by atoms with Gasteiger partial charge in [-0.15, -0.1) is 0 Å². The Morgan fingerprint density at radius 2 is 2.00 bits per heavy atom. The molecule has 2 N–H and O–H groups in total. The molecule has 1 heterocycles. The summed E-state index contributed by atoms with van der Waals surface area (Å²) < 4.78 is 1.67. The lowest BCUT2D eigenvalue weighted by molar-refractivity contribution is 0.813. The van der Waals surface area contributed by atoms with Gasteiger partial charge in [-0.2, -0.15) is 5.10 Å². The van der Waals surface area contributed by atoms with Crippen molar-refractivity contribution >= 4 is 23.2 Å². The number of halogens is 2. The molecule has 0 fully saturated rings. The van der Waals surface area contributed by atoms with Crippen LogP contribution in [0.4, 0.5) is 0 Å². The van der Waals surface area contributed by atoms with Crippen LogP contribution in [-0.2, 0) is 0 Å². The van der Waals surface area contributed by atoms with E-state index in [9.17, 15) is 0 Å². The van der Waals surface area contributed by atoms with Crippen LogP contribution in [0, 0.1) is 6.92 Å². The second-order valence-corrected chi connectivity index (χ2v) is 4.82. The Balaban J connectivity index is 2.46. The minimum atomic E-state index is -0.0375. The van der Waals surface area contributed by atoms with Crippen molar-refractivity contribution in [1.29, 1.82) is 0 Å². The van der Waals surface area contributed by atoms with Gasteiger partial charge in [-0.1, -0.05) is 29.3 Å². The largest absolute Gasteiger partial charge is 0.324 e. The van der Waals surface area contributed by atoms with Crippen molar-refractivity contribution in [1.82, 2.24) is 9.78 Å². The minimum Gasteiger partial charge on any atom is -0.324 e. The molecule has 1 aromatic carbocycles. The summed E-state index contributed by atoms with van der Waals surface area (Å²) in [7, 11) is 0. The maximum atomic E-state index is 6.21. The highest BCUT2D eigenvalue weighted by Crippen LogP contribution is 2.25. The molecule has 0 saturated heterocycles. The molecular formula is C12H13Cl2N3. The topological polar surface area (TPSA) is 43.8 Å². The van der Waals surface area contributed by atoms with Gasteiger partial charge in [0.05, 0.1) is 21.4 Å². The number of hydrogen-bond acceptors (Lipinski definition) is 2. The Kier molecular flexibility index (Phi) is 3.43. The van der Waals surface area contributed by atoms with E-state index in [0.717, 1.165) is 16.9 Å². The van der Waals surface area contributed by atoms with Crippen LogP contribution in [0.5, 0.6) is 0 Å². The first-order valence-corrected chi connectivity index (χ1v) is 6.02. The molecule has 0 amide bonds. The lowest BCUT2D eigenvalue weighted by atomic mass is 10.1. The highest BCUT2D eigenvalue weighted by atomic mass is 35.5. The second-order valence-electron chi connectivity index (χ2n) is 4.01. The third-order valence-electron chi connectivity index (χ3n) is 2.58. The quantitative estimate of drug-likeness (QED) is 0.907. The third kappa shape index (κ3) is 2.46. The van der Waals surface area contributed by atoms with Crippen molar-refractivity contribution in [2.45, 2.75) is 19.9 Å². The van der Waals surface area contributed by atoms with Crippen molar-refractivity contribution in [3.8, 4) is 5.69 Å². The number of aromatic nitrogens is 2. The van der Waals surface area contributed by atoms with Gasteiger partial charge < -0.3 is 5.73 Å². The molecule has 1 aromatic heterocycles. The lowest BCUT2D eigenvalue weighted by Crippen LogP contribution is -2.05. The summed E-state index contributed by atoms with van der Waals surface area (Å²) in [4.78, 5) is 0. The average Bonchev–Trinajstić information content (AvgIpc) is 2.58. The molecule has 2 rings (SSSR count). The molecule has 0 aliphatic carbocycles. The van der Waals surface area contributed by atoms with Gasteiger partial charge in [-0.3, -0.25) is 0 Å². The first kappa shape index (κ1) is 12.4. The number of hydrogen-bond donors (Lipinski definition) is 1. The highest BCUT2D eigenvalue weighted by molar-refractivity contribution is 6.32. The van der Waals surface area contributed by atoms with Crippen molar-refractivity contribution in [3.05, 3.63) is 45.7 Å². The Labute approximate surface area is 110 Å². The van der Waals surface area contributed by atoms with E-state index in [1.807, 2.05) is 32.0 Å². The average molecular weight is 270 g/mol. The number of aryl methyl sites for hydroxylation is 1. The summed E-state index contributed by atoms with van der Waals surface area (Å²) in [5.74, 6) is 0. The SMILES string of the molecule is Cc1nn(-c2ccc([C@H](C)N)cc2Cl)cc1Cl. The highest BCUT2D eigenvalue weighted by Gasteiger charge is 2.09. The van der Waals surface area contributed by atoms with Gasteiger partial charge in [0.2, 0.25) is 0 Å². The molecule has 0 bridgehead atoms. The summed E-state index contributed by atoms with van der Waals surface area (Å²) >= 11 is 12.2. The lowest BCUT2D eigenvalue weighted by Gasteiger charge is -2.09. The zero-order valence-electron chi connectivity index (χ0n) is 9.61. The summed E-state index contributed by atoms with van der Waals surface area (Å²) in [5, 5.41) is 5.52. The molecule has 0 unspecified atom stereocenters. The van der Waals surface area contributed by atoms with E-state index in [-0.39, 0.29) is 6.04 Å². The Bertz CT molecular complexity index is 527. The fourth-order valence-electron chi connectivity index (χ4n) is 1.55. The summed E-state index contributed by atoms with van der Waals surface area (Å²) in [6.45, 7) is 3.77. The van der Waals surface area contributed by atoms with E-state index in [0.29, 0.717) is 10.0 Å². The van der Waals surface area contributed by atoms with Crippen LogP contribution in [0.2, 0.25) is 10.0 Å². The third-order valence-corrected chi connectivity index (χ3v) is 3.26. The second kappa shape index (κ2) is 4.69. The minimum absolute atomic E-state index is 0.0375. The molecule has 3 nitrogen and oxygen atoms in total. The van der Waals surface area contributed by atoms with Crippen LogP contribution < -0.4 is 5.73 Å².